The monoisotopic (exact) mass is 385 g/mol. The van der Waals surface area contributed by atoms with Crippen LogP contribution in [0, 0.1) is 6.57 Å². The molecule has 29 heavy (non-hydrogen) atoms. The molecule has 142 valence electrons. The van der Waals surface area contributed by atoms with Gasteiger partial charge in [-0.25, -0.2) is 14.8 Å². The Morgan fingerprint density at radius 3 is 2.69 bits per heavy atom. The van der Waals surface area contributed by atoms with Crippen molar-refractivity contribution < 1.29 is 9.42 Å². The Bertz CT molecular complexity index is 1150. The molecule has 0 fully saturated rings. The van der Waals surface area contributed by atoms with Crippen molar-refractivity contribution in [3.05, 3.63) is 71.9 Å². The molecule has 0 amide bonds. The van der Waals surface area contributed by atoms with Gasteiger partial charge in [-0.15, -0.1) is 0 Å². The molecule has 9 nitrogen and oxygen atoms in total. The summed E-state index contributed by atoms with van der Waals surface area (Å²) in [6, 6.07) is 5.16. The number of aromatic nitrogens is 4. The number of hydrogen-bond acceptors (Lipinski definition) is 7. The largest absolute Gasteiger partial charge is 0.407 e. The molecule has 9 heteroatoms. The van der Waals surface area contributed by atoms with Gasteiger partial charge in [0.15, 0.2) is 18.6 Å². The second-order valence-corrected chi connectivity index (χ2v) is 6.24. The summed E-state index contributed by atoms with van der Waals surface area (Å²) in [6.07, 6.45) is 8.70. The van der Waals surface area contributed by atoms with Crippen LogP contribution in [-0.4, -0.2) is 43.3 Å². The Balaban J connectivity index is 1.64. The average molecular weight is 385 g/mol. The minimum absolute atomic E-state index is 0.367. The van der Waals surface area contributed by atoms with E-state index in [1.165, 1.54) is 0 Å². The van der Waals surface area contributed by atoms with Crippen molar-refractivity contribution in [1.29, 1.82) is 0 Å². The molecule has 0 radical (unpaired) electrons. The van der Waals surface area contributed by atoms with Crippen LogP contribution >= 0.6 is 0 Å². The first-order chi connectivity index (χ1) is 14.2. The highest BCUT2D eigenvalue weighted by atomic mass is 16.5. The predicted octanol–water partition coefficient (Wildman–Crippen LogP) is 2.17. The van der Waals surface area contributed by atoms with Gasteiger partial charge in [0.2, 0.25) is 0 Å². The first kappa shape index (κ1) is 18.3. The second kappa shape index (κ2) is 7.92. The number of nitrogens with two attached hydrogens (primary N) is 1. The SMILES string of the molecule is [C-]#[N+]c1ccc(-c2ncc(CN)cn2)c(OC2=[N+](C)N=C(c3cnccn3)C2)c1. The van der Waals surface area contributed by atoms with Gasteiger partial charge in [0, 0.05) is 42.0 Å². The van der Waals surface area contributed by atoms with Gasteiger partial charge in [-0.2, -0.15) is 0 Å². The number of ether oxygens (including phenoxy) is 1. The molecule has 1 aliphatic rings. The highest BCUT2D eigenvalue weighted by molar-refractivity contribution is 6.10. The van der Waals surface area contributed by atoms with E-state index in [0.29, 0.717) is 47.4 Å². The number of nitrogens with zero attached hydrogens (tertiary/aromatic N) is 7. The average Bonchev–Trinajstić information content (AvgIpc) is 3.14. The Morgan fingerprint density at radius 2 is 2.00 bits per heavy atom. The lowest BCUT2D eigenvalue weighted by Crippen LogP contribution is -2.17. The number of benzene rings is 1. The zero-order valence-corrected chi connectivity index (χ0v) is 15.6. The minimum atomic E-state index is 0.367. The number of rotatable bonds is 4. The summed E-state index contributed by atoms with van der Waals surface area (Å²) >= 11 is 0. The van der Waals surface area contributed by atoms with Gasteiger partial charge in [0.1, 0.15) is 23.6 Å². The van der Waals surface area contributed by atoms with E-state index in [9.17, 15) is 0 Å². The Labute approximate surface area is 167 Å². The molecule has 2 N–H and O–H groups in total. The minimum Gasteiger partial charge on any atom is -0.407 e. The smallest absolute Gasteiger partial charge is 0.378 e. The third kappa shape index (κ3) is 3.83. The van der Waals surface area contributed by atoms with Crippen LogP contribution in [0.5, 0.6) is 5.75 Å². The normalized spacial score (nSPS) is 13.2. The van der Waals surface area contributed by atoms with Crippen LogP contribution in [0.1, 0.15) is 17.7 Å². The lowest BCUT2D eigenvalue weighted by Gasteiger charge is -2.09. The topological polar surface area (TPSA) is 107 Å². The van der Waals surface area contributed by atoms with Crippen LogP contribution in [0.25, 0.3) is 16.2 Å². The van der Waals surface area contributed by atoms with E-state index < -0.39 is 0 Å². The van der Waals surface area contributed by atoms with Crippen LogP contribution in [0.2, 0.25) is 0 Å². The van der Waals surface area contributed by atoms with E-state index in [1.54, 1.807) is 60.9 Å². The highest BCUT2D eigenvalue weighted by Crippen LogP contribution is 2.32. The lowest BCUT2D eigenvalue weighted by molar-refractivity contribution is -0.506. The standard InChI is InChI=1S/C20H17N8O/c1-22-14-3-4-15(20-25-10-13(9-21)11-26-20)18(7-14)29-19-8-16(27-28(19)2)17-12-23-5-6-24-17/h3-7,10-12H,8-9,21H2,2H3/q+1. The molecular formula is C20H17N8O+. The summed E-state index contributed by atoms with van der Waals surface area (Å²) in [5.41, 5.74) is 9.03. The fraction of sp³-hybridized carbons (Fsp3) is 0.150. The van der Waals surface area contributed by atoms with Gasteiger partial charge in [-0.3, -0.25) is 9.97 Å². The Hall–Kier alpha value is -4.03. The summed E-state index contributed by atoms with van der Waals surface area (Å²) in [7, 11) is 1.80. The van der Waals surface area contributed by atoms with E-state index in [4.69, 9.17) is 17.0 Å². The maximum absolute atomic E-state index is 7.31. The maximum atomic E-state index is 7.31. The highest BCUT2D eigenvalue weighted by Gasteiger charge is 2.29. The second-order valence-electron chi connectivity index (χ2n) is 6.24. The number of hydrogen-bond donors (Lipinski definition) is 1. The molecule has 4 rings (SSSR count). The van der Waals surface area contributed by atoms with Crippen LogP contribution in [0.3, 0.4) is 0 Å². The molecule has 1 aromatic carbocycles. The summed E-state index contributed by atoms with van der Waals surface area (Å²) < 4.78 is 7.81. The molecule has 0 saturated carbocycles. The molecule has 0 saturated heterocycles. The van der Waals surface area contributed by atoms with Gasteiger partial charge in [-0.1, -0.05) is 16.8 Å². The van der Waals surface area contributed by atoms with Gasteiger partial charge in [0.05, 0.1) is 18.3 Å². The molecule has 3 heterocycles. The summed E-state index contributed by atoms with van der Waals surface area (Å²) in [6.45, 7) is 7.67. The van der Waals surface area contributed by atoms with E-state index in [1.807, 2.05) is 0 Å². The van der Waals surface area contributed by atoms with Crippen molar-refractivity contribution in [3.63, 3.8) is 0 Å². The molecular weight excluding hydrogens is 368 g/mol. The third-order valence-electron chi connectivity index (χ3n) is 4.31. The number of hydrazone groups is 1. The van der Waals surface area contributed by atoms with Gasteiger partial charge in [-0.05, 0) is 6.07 Å². The van der Waals surface area contributed by atoms with Crippen molar-refractivity contribution in [2.45, 2.75) is 13.0 Å². The Kier molecular flexibility index (Phi) is 5.01. The fourth-order valence-corrected chi connectivity index (χ4v) is 2.80. The zero-order valence-electron chi connectivity index (χ0n) is 15.6. The molecule has 0 atom stereocenters. The molecule has 2 aromatic heterocycles. The molecule has 0 aliphatic carbocycles. The quantitative estimate of drug-likeness (QED) is 0.545. The van der Waals surface area contributed by atoms with Crippen molar-refractivity contribution in [3.8, 4) is 17.1 Å². The van der Waals surface area contributed by atoms with Crippen molar-refractivity contribution >= 4 is 17.3 Å². The van der Waals surface area contributed by atoms with E-state index >= 15 is 0 Å². The van der Waals surface area contributed by atoms with Gasteiger partial charge >= 0.3 is 5.90 Å². The van der Waals surface area contributed by atoms with Crippen molar-refractivity contribution in [1.82, 2.24) is 19.9 Å². The Morgan fingerprint density at radius 1 is 1.17 bits per heavy atom. The molecule has 0 bridgehead atoms. The van der Waals surface area contributed by atoms with Crippen molar-refractivity contribution in [2.24, 2.45) is 10.8 Å². The van der Waals surface area contributed by atoms with Gasteiger partial charge < -0.3 is 10.5 Å². The lowest BCUT2D eigenvalue weighted by atomic mass is 10.1. The van der Waals surface area contributed by atoms with E-state index in [-0.39, 0.29) is 0 Å². The first-order valence-electron chi connectivity index (χ1n) is 8.82. The van der Waals surface area contributed by atoms with E-state index in [0.717, 1.165) is 11.3 Å². The molecule has 0 spiro atoms. The fourth-order valence-electron chi connectivity index (χ4n) is 2.80. The summed E-state index contributed by atoms with van der Waals surface area (Å²) in [5.74, 6) is 1.58. The van der Waals surface area contributed by atoms with Crippen LogP contribution in [0.15, 0.2) is 54.3 Å². The van der Waals surface area contributed by atoms with Crippen LogP contribution < -0.4 is 10.5 Å². The molecule has 3 aromatic rings. The van der Waals surface area contributed by atoms with E-state index in [2.05, 4.69) is 29.9 Å². The molecule has 1 aliphatic heterocycles. The summed E-state index contributed by atoms with van der Waals surface area (Å²) in [5, 5.41) is 4.48. The van der Waals surface area contributed by atoms with Gasteiger partial charge in [0.25, 0.3) is 0 Å². The van der Waals surface area contributed by atoms with Crippen LogP contribution in [-0.2, 0) is 6.54 Å². The zero-order chi connectivity index (χ0) is 20.2. The van der Waals surface area contributed by atoms with Crippen molar-refractivity contribution in [2.75, 3.05) is 7.05 Å². The summed E-state index contributed by atoms with van der Waals surface area (Å²) in [4.78, 5) is 20.6. The molecule has 0 unspecified atom stereocenters. The first-order valence-corrected chi connectivity index (χ1v) is 8.82. The predicted molar refractivity (Wildman–Crippen MR) is 107 cm³/mol. The van der Waals surface area contributed by atoms with Crippen LogP contribution in [0.4, 0.5) is 5.69 Å². The maximum Gasteiger partial charge on any atom is 0.378 e. The third-order valence-corrected chi connectivity index (χ3v) is 4.31.